The van der Waals surface area contributed by atoms with E-state index in [4.69, 9.17) is 0 Å². The van der Waals surface area contributed by atoms with Gasteiger partial charge in [0.2, 0.25) is 15.9 Å². The molecule has 1 unspecified atom stereocenters. The fourth-order valence-corrected chi connectivity index (χ4v) is 5.94. The van der Waals surface area contributed by atoms with Gasteiger partial charge in [0.15, 0.2) is 5.16 Å². The first-order chi connectivity index (χ1) is 15.3. The highest BCUT2D eigenvalue weighted by Crippen LogP contribution is 2.25. The van der Waals surface area contributed by atoms with Gasteiger partial charge in [-0.15, -0.1) is 0 Å². The third-order valence-electron chi connectivity index (χ3n) is 5.42. The van der Waals surface area contributed by atoms with Gasteiger partial charge >= 0.3 is 0 Å². The maximum Gasteiger partial charge on any atom is 0.261 e. The number of rotatable bonds is 6. The summed E-state index contributed by atoms with van der Waals surface area (Å²) in [6.45, 7) is 2.81. The van der Waals surface area contributed by atoms with Crippen molar-refractivity contribution in [2.24, 2.45) is 7.05 Å². The van der Waals surface area contributed by atoms with Crippen LogP contribution in [0, 0.1) is 0 Å². The molecule has 1 aliphatic rings. The molecule has 0 aliphatic carbocycles. The van der Waals surface area contributed by atoms with E-state index in [2.05, 4.69) is 10.3 Å². The van der Waals surface area contributed by atoms with E-state index in [0.29, 0.717) is 34.8 Å². The number of benzene rings is 2. The molecule has 1 fully saturated rings. The number of thioether (sulfide) groups is 1. The van der Waals surface area contributed by atoms with Crippen molar-refractivity contribution in [3.05, 3.63) is 58.9 Å². The first-order valence-electron chi connectivity index (χ1n) is 10.3. The van der Waals surface area contributed by atoms with Crippen LogP contribution >= 0.6 is 11.8 Å². The van der Waals surface area contributed by atoms with E-state index in [1.165, 1.54) is 32.8 Å². The second kappa shape index (κ2) is 9.05. The predicted molar refractivity (Wildman–Crippen MR) is 125 cm³/mol. The van der Waals surface area contributed by atoms with Crippen molar-refractivity contribution in [3.8, 4) is 0 Å². The molecule has 1 N–H and O–H groups in total. The fourth-order valence-electron chi connectivity index (χ4n) is 3.55. The Morgan fingerprint density at radius 3 is 2.44 bits per heavy atom. The summed E-state index contributed by atoms with van der Waals surface area (Å²) in [5.74, 6) is -0.271. The van der Waals surface area contributed by atoms with Crippen LogP contribution in [-0.4, -0.2) is 46.5 Å². The third kappa shape index (κ3) is 4.43. The van der Waals surface area contributed by atoms with E-state index in [9.17, 15) is 18.0 Å². The van der Waals surface area contributed by atoms with Crippen LogP contribution in [0.25, 0.3) is 10.9 Å². The summed E-state index contributed by atoms with van der Waals surface area (Å²) in [6, 6.07) is 13.3. The number of nitrogens with one attached hydrogen (secondary N) is 1. The van der Waals surface area contributed by atoms with Gasteiger partial charge in [0.25, 0.3) is 5.56 Å². The fraction of sp³-hybridized carbons (Fsp3) is 0.318. The average molecular weight is 473 g/mol. The number of sulfonamides is 1. The van der Waals surface area contributed by atoms with Crippen LogP contribution < -0.4 is 10.9 Å². The molecular weight excluding hydrogens is 448 g/mol. The van der Waals surface area contributed by atoms with Crippen molar-refractivity contribution in [1.82, 2.24) is 13.9 Å². The molecule has 0 spiro atoms. The lowest BCUT2D eigenvalue weighted by Crippen LogP contribution is -2.28. The first kappa shape index (κ1) is 22.5. The minimum absolute atomic E-state index is 0.166. The second-order valence-electron chi connectivity index (χ2n) is 7.66. The highest BCUT2D eigenvalue weighted by molar-refractivity contribution is 8.00. The van der Waals surface area contributed by atoms with Crippen LogP contribution in [-0.2, 0) is 21.9 Å². The molecule has 2 aromatic carbocycles. The number of amides is 1. The molecular formula is C22H24N4O4S2. The van der Waals surface area contributed by atoms with Crippen LogP contribution in [0.4, 0.5) is 5.69 Å². The van der Waals surface area contributed by atoms with Crippen molar-refractivity contribution in [2.75, 3.05) is 18.4 Å². The van der Waals surface area contributed by atoms with Crippen molar-refractivity contribution < 1.29 is 13.2 Å². The molecule has 1 saturated heterocycles. The summed E-state index contributed by atoms with van der Waals surface area (Å²) in [5.41, 5.74) is 0.921. The largest absolute Gasteiger partial charge is 0.325 e. The molecule has 1 aliphatic heterocycles. The summed E-state index contributed by atoms with van der Waals surface area (Å²) in [7, 11) is -1.86. The Morgan fingerprint density at radius 1 is 1.09 bits per heavy atom. The van der Waals surface area contributed by atoms with Crippen molar-refractivity contribution in [2.45, 2.75) is 35.1 Å². The molecule has 0 saturated carbocycles. The van der Waals surface area contributed by atoms with Gasteiger partial charge in [-0.1, -0.05) is 23.9 Å². The minimum Gasteiger partial charge on any atom is -0.325 e. The zero-order valence-electron chi connectivity index (χ0n) is 17.8. The van der Waals surface area contributed by atoms with Crippen LogP contribution in [0.2, 0.25) is 0 Å². The van der Waals surface area contributed by atoms with E-state index < -0.39 is 15.3 Å². The van der Waals surface area contributed by atoms with E-state index in [1.54, 1.807) is 44.3 Å². The number of fused-ring (bicyclic) bond motifs is 1. The summed E-state index contributed by atoms with van der Waals surface area (Å²) < 4.78 is 28.2. The maximum atomic E-state index is 12.7. The van der Waals surface area contributed by atoms with Crippen LogP contribution in [0.5, 0.6) is 0 Å². The molecule has 168 valence electrons. The summed E-state index contributed by atoms with van der Waals surface area (Å²) in [6.07, 6.45) is 1.75. The Balaban J connectivity index is 1.46. The smallest absolute Gasteiger partial charge is 0.261 e. The number of hydrogen-bond donors (Lipinski definition) is 1. The Bertz CT molecular complexity index is 1310. The Hall–Kier alpha value is -2.69. The first-order valence-corrected chi connectivity index (χ1v) is 12.6. The SMILES string of the molecule is CC(Sc1nc2ccccc2c(=O)n1C)C(=O)Nc1ccc(S(=O)(=O)N2CCCC2)cc1. The molecule has 32 heavy (non-hydrogen) atoms. The Kier molecular flexibility index (Phi) is 6.36. The van der Waals surface area contributed by atoms with Gasteiger partial charge in [0.05, 0.1) is 21.0 Å². The molecule has 0 radical (unpaired) electrons. The number of aromatic nitrogens is 2. The normalized spacial score (nSPS) is 15.7. The van der Waals surface area contributed by atoms with Gasteiger partial charge in [-0.05, 0) is 56.2 Å². The molecule has 1 aromatic heterocycles. The molecule has 0 bridgehead atoms. The van der Waals surface area contributed by atoms with E-state index >= 15 is 0 Å². The summed E-state index contributed by atoms with van der Waals surface area (Å²) in [5, 5.41) is 3.25. The lowest BCUT2D eigenvalue weighted by atomic mass is 10.2. The number of carbonyl (C=O) groups excluding carboxylic acids is 1. The zero-order chi connectivity index (χ0) is 22.9. The van der Waals surface area contributed by atoms with E-state index in [1.807, 2.05) is 6.07 Å². The van der Waals surface area contributed by atoms with Crippen molar-refractivity contribution in [3.63, 3.8) is 0 Å². The number of carbonyl (C=O) groups is 1. The van der Waals surface area contributed by atoms with Gasteiger partial charge in [-0.3, -0.25) is 14.2 Å². The van der Waals surface area contributed by atoms with E-state index in [-0.39, 0.29) is 16.4 Å². The third-order valence-corrected chi connectivity index (χ3v) is 8.47. The zero-order valence-corrected chi connectivity index (χ0v) is 19.4. The number of anilines is 1. The predicted octanol–water partition coefficient (Wildman–Crippen LogP) is 2.84. The standard InChI is InChI=1S/C22H24N4O4S2/c1-15(31-22-24-19-8-4-3-7-18(19)21(28)25(22)2)20(27)23-16-9-11-17(12-10-16)32(29,30)26-13-5-6-14-26/h3-4,7-12,15H,5-6,13-14H2,1-2H3,(H,23,27). The van der Waals surface area contributed by atoms with Gasteiger partial charge in [-0.25, -0.2) is 13.4 Å². The minimum atomic E-state index is -3.49. The second-order valence-corrected chi connectivity index (χ2v) is 10.9. The van der Waals surface area contributed by atoms with Gasteiger partial charge < -0.3 is 5.32 Å². The Labute approximate surface area is 190 Å². The molecule has 3 aromatic rings. The van der Waals surface area contributed by atoms with Crippen LogP contribution in [0.3, 0.4) is 0 Å². The molecule has 4 rings (SSSR count). The highest BCUT2D eigenvalue weighted by atomic mass is 32.2. The number of nitrogens with zero attached hydrogens (tertiary/aromatic N) is 3. The van der Waals surface area contributed by atoms with Crippen LogP contribution in [0.1, 0.15) is 19.8 Å². The molecule has 1 atom stereocenters. The molecule has 10 heteroatoms. The molecule has 2 heterocycles. The maximum absolute atomic E-state index is 12.7. The van der Waals surface area contributed by atoms with Gasteiger partial charge in [-0.2, -0.15) is 4.31 Å². The van der Waals surface area contributed by atoms with Crippen molar-refractivity contribution in [1.29, 1.82) is 0 Å². The molecule has 1 amide bonds. The monoisotopic (exact) mass is 472 g/mol. The van der Waals surface area contributed by atoms with Gasteiger partial charge in [0, 0.05) is 25.8 Å². The lowest BCUT2D eigenvalue weighted by molar-refractivity contribution is -0.115. The van der Waals surface area contributed by atoms with Gasteiger partial charge in [0.1, 0.15) is 0 Å². The Morgan fingerprint density at radius 2 is 1.75 bits per heavy atom. The van der Waals surface area contributed by atoms with E-state index in [0.717, 1.165) is 12.8 Å². The molecule has 8 nitrogen and oxygen atoms in total. The summed E-state index contributed by atoms with van der Waals surface area (Å²) in [4.78, 5) is 30.0. The summed E-state index contributed by atoms with van der Waals surface area (Å²) >= 11 is 1.19. The van der Waals surface area contributed by atoms with Crippen LogP contribution in [0.15, 0.2) is 63.4 Å². The number of hydrogen-bond acceptors (Lipinski definition) is 6. The van der Waals surface area contributed by atoms with Crippen molar-refractivity contribution >= 4 is 44.3 Å². The highest BCUT2D eigenvalue weighted by Gasteiger charge is 2.27. The quantitative estimate of drug-likeness (QED) is 0.437. The average Bonchev–Trinajstić information content (AvgIpc) is 3.33. The number of para-hydroxylation sites is 1. The topological polar surface area (TPSA) is 101 Å². The lowest BCUT2D eigenvalue weighted by Gasteiger charge is -2.16.